The van der Waals surface area contributed by atoms with Gasteiger partial charge in [0.25, 0.3) is 0 Å². The second-order valence-corrected chi connectivity index (χ2v) is 7.90. The minimum absolute atomic E-state index is 0.147. The van der Waals surface area contributed by atoms with Crippen molar-refractivity contribution in [2.45, 2.75) is 18.9 Å². The molecule has 0 aromatic heterocycles. The molecule has 0 bridgehead atoms. The van der Waals surface area contributed by atoms with Crippen LogP contribution in [0.4, 0.5) is 0 Å². The highest BCUT2D eigenvalue weighted by Crippen LogP contribution is 2.43. The van der Waals surface area contributed by atoms with E-state index in [1.54, 1.807) is 24.3 Å². The summed E-state index contributed by atoms with van der Waals surface area (Å²) >= 11 is 0. The van der Waals surface area contributed by atoms with Gasteiger partial charge in [0.15, 0.2) is 11.6 Å². The number of carbonyl (C=O) groups is 2. The Morgan fingerprint density at radius 3 is 2.03 bits per heavy atom. The monoisotopic (exact) mass is 422 g/mol. The Morgan fingerprint density at radius 1 is 0.781 bits per heavy atom. The summed E-state index contributed by atoms with van der Waals surface area (Å²) in [7, 11) is 0. The van der Waals surface area contributed by atoms with E-state index in [0.29, 0.717) is 23.4 Å². The Bertz CT molecular complexity index is 1190. The average molecular weight is 422 g/mol. The summed E-state index contributed by atoms with van der Waals surface area (Å²) in [6, 6.07) is 24.5. The van der Waals surface area contributed by atoms with E-state index in [0.717, 1.165) is 16.9 Å². The molecular formula is C27H22N2O3. The maximum absolute atomic E-state index is 13.0. The number of ether oxygens (including phenoxy) is 1. The van der Waals surface area contributed by atoms with Crippen LogP contribution >= 0.6 is 0 Å². The number of azo groups is 1. The first kappa shape index (κ1) is 20.1. The van der Waals surface area contributed by atoms with E-state index >= 15 is 0 Å². The summed E-state index contributed by atoms with van der Waals surface area (Å²) < 4.78 is 5.56. The number of hydrogen-bond acceptors (Lipinski definition) is 5. The Morgan fingerprint density at radius 2 is 1.41 bits per heavy atom. The second kappa shape index (κ2) is 8.35. The van der Waals surface area contributed by atoms with Gasteiger partial charge >= 0.3 is 0 Å². The molecular weight excluding hydrogens is 400 g/mol. The molecule has 0 saturated heterocycles. The van der Waals surface area contributed by atoms with Gasteiger partial charge in [0.2, 0.25) is 0 Å². The van der Waals surface area contributed by atoms with E-state index in [4.69, 9.17) is 4.74 Å². The molecule has 32 heavy (non-hydrogen) atoms. The summed E-state index contributed by atoms with van der Waals surface area (Å²) in [4.78, 5) is 26.0. The van der Waals surface area contributed by atoms with Gasteiger partial charge in [-0.3, -0.25) is 9.59 Å². The van der Waals surface area contributed by atoms with E-state index in [1.165, 1.54) is 0 Å². The van der Waals surface area contributed by atoms with Gasteiger partial charge in [-0.25, -0.2) is 0 Å². The van der Waals surface area contributed by atoms with Gasteiger partial charge in [-0.1, -0.05) is 66.7 Å². The van der Waals surface area contributed by atoms with Crippen molar-refractivity contribution in [3.63, 3.8) is 0 Å². The third-order valence-corrected chi connectivity index (χ3v) is 5.98. The van der Waals surface area contributed by atoms with Crippen molar-refractivity contribution >= 4 is 11.6 Å². The molecule has 1 aliphatic carbocycles. The van der Waals surface area contributed by atoms with Crippen molar-refractivity contribution in [2.75, 3.05) is 6.61 Å². The molecule has 0 amide bonds. The Hall–Kier alpha value is -3.86. The molecule has 5 rings (SSSR count). The van der Waals surface area contributed by atoms with Crippen LogP contribution in [0.15, 0.2) is 101 Å². The van der Waals surface area contributed by atoms with E-state index in [1.807, 2.05) is 67.6 Å². The van der Waals surface area contributed by atoms with Crippen LogP contribution in [0.2, 0.25) is 0 Å². The van der Waals surface area contributed by atoms with Gasteiger partial charge < -0.3 is 4.74 Å². The minimum Gasteiger partial charge on any atom is -0.494 e. The molecule has 3 aromatic rings. The van der Waals surface area contributed by atoms with Gasteiger partial charge in [-0.2, -0.15) is 10.2 Å². The van der Waals surface area contributed by atoms with Crippen molar-refractivity contribution in [3.8, 4) is 5.75 Å². The van der Waals surface area contributed by atoms with Gasteiger partial charge in [0.1, 0.15) is 17.7 Å². The lowest BCUT2D eigenvalue weighted by molar-refractivity contribution is 0.0861. The average Bonchev–Trinajstić information content (AvgIpc) is 3.10. The fraction of sp³-hybridized carbons (Fsp3) is 0.185. The van der Waals surface area contributed by atoms with E-state index in [2.05, 4.69) is 10.2 Å². The molecule has 2 unspecified atom stereocenters. The van der Waals surface area contributed by atoms with Crippen molar-refractivity contribution in [2.24, 2.45) is 16.1 Å². The van der Waals surface area contributed by atoms with E-state index in [-0.39, 0.29) is 23.5 Å². The maximum Gasteiger partial charge on any atom is 0.180 e. The smallest absolute Gasteiger partial charge is 0.180 e. The molecule has 2 aliphatic rings. The lowest BCUT2D eigenvalue weighted by Crippen LogP contribution is -2.21. The number of benzene rings is 3. The van der Waals surface area contributed by atoms with Crippen LogP contribution in [0, 0.1) is 5.92 Å². The van der Waals surface area contributed by atoms with Gasteiger partial charge in [0, 0.05) is 17.0 Å². The van der Waals surface area contributed by atoms with Crippen molar-refractivity contribution in [3.05, 3.63) is 113 Å². The Kier molecular flexibility index (Phi) is 5.23. The van der Waals surface area contributed by atoms with Crippen LogP contribution in [-0.2, 0) is 0 Å². The van der Waals surface area contributed by atoms with E-state index < -0.39 is 5.92 Å². The largest absolute Gasteiger partial charge is 0.494 e. The van der Waals surface area contributed by atoms with Crippen LogP contribution in [0.3, 0.4) is 0 Å². The predicted molar refractivity (Wildman–Crippen MR) is 121 cm³/mol. The number of fused-ring (bicyclic) bond motifs is 1. The van der Waals surface area contributed by atoms with Crippen LogP contribution < -0.4 is 4.74 Å². The first-order valence-electron chi connectivity index (χ1n) is 10.7. The fourth-order valence-corrected chi connectivity index (χ4v) is 4.43. The molecule has 0 fully saturated rings. The summed E-state index contributed by atoms with van der Waals surface area (Å²) in [5, 5.41) is 9.00. The number of Topliss-reactive ketones (excluding diaryl/α,β-unsaturated/α-hetero) is 2. The maximum atomic E-state index is 13.0. The second-order valence-electron chi connectivity index (χ2n) is 7.90. The van der Waals surface area contributed by atoms with E-state index in [9.17, 15) is 9.59 Å². The standard InChI is InChI=1S/C27H22N2O3/c1-2-32-19-14-12-18(13-15-19)25-22(17-8-4-3-5-9-17)16-23(28-29-25)24-26(30)20-10-6-7-11-21(20)27(24)31/h3-16,22,24-25H,2H2,1H3. The summed E-state index contributed by atoms with van der Waals surface area (Å²) in [6.07, 6.45) is 1.94. The molecule has 2 atom stereocenters. The summed E-state index contributed by atoms with van der Waals surface area (Å²) in [5.74, 6) is -0.685. The molecule has 0 spiro atoms. The number of rotatable bonds is 5. The Labute approximate surface area is 186 Å². The molecule has 0 N–H and O–H groups in total. The zero-order valence-electron chi connectivity index (χ0n) is 17.6. The highest BCUT2D eigenvalue weighted by molar-refractivity contribution is 6.28. The number of hydrogen-bond donors (Lipinski definition) is 0. The lowest BCUT2D eigenvalue weighted by Gasteiger charge is -2.26. The Balaban J connectivity index is 1.53. The zero-order valence-corrected chi connectivity index (χ0v) is 17.6. The summed E-state index contributed by atoms with van der Waals surface area (Å²) in [6.45, 7) is 2.55. The normalized spacial score (nSPS) is 20.2. The minimum atomic E-state index is -0.927. The van der Waals surface area contributed by atoms with Crippen LogP contribution in [-0.4, -0.2) is 18.2 Å². The highest BCUT2D eigenvalue weighted by atomic mass is 16.5. The molecule has 5 heteroatoms. The number of ketones is 2. The number of nitrogens with zero attached hydrogens (tertiary/aromatic N) is 2. The molecule has 5 nitrogen and oxygen atoms in total. The van der Waals surface area contributed by atoms with Gasteiger partial charge in [0.05, 0.1) is 12.3 Å². The topological polar surface area (TPSA) is 68.1 Å². The SMILES string of the molecule is CCOc1ccc(C2N=NC(C3C(=O)c4ccccc4C3=O)=CC2c2ccccc2)cc1. The first-order valence-corrected chi connectivity index (χ1v) is 10.7. The fourth-order valence-electron chi connectivity index (χ4n) is 4.43. The van der Waals surface area contributed by atoms with Gasteiger partial charge in [-0.15, -0.1) is 0 Å². The zero-order chi connectivity index (χ0) is 22.1. The number of carbonyl (C=O) groups excluding carboxylic acids is 2. The lowest BCUT2D eigenvalue weighted by atomic mass is 9.84. The highest BCUT2D eigenvalue weighted by Gasteiger charge is 2.42. The van der Waals surface area contributed by atoms with Crippen LogP contribution in [0.1, 0.15) is 50.7 Å². The molecule has 1 heterocycles. The molecule has 0 radical (unpaired) electrons. The summed E-state index contributed by atoms with van der Waals surface area (Å²) in [5.41, 5.74) is 3.39. The van der Waals surface area contributed by atoms with Crippen LogP contribution in [0.5, 0.6) is 5.75 Å². The van der Waals surface area contributed by atoms with Crippen molar-refractivity contribution in [1.82, 2.24) is 0 Å². The van der Waals surface area contributed by atoms with Crippen LogP contribution in [0.25, 0.3) is 0 Å². The predicted octanol–water partition coefficient (Wildman–Crippen LogP) is 5.96. The molecule has 0 saturated carbocycles. The van der Waals surface area contributed by atoms with Crippen molar-refractivity contribution in [1.29, 1.82) is 0 Å². The quantitative estimate of drug-likeness (QED) is 0.477. The third kappa shape index (κ3) is 3.46. The van der Waals surface area contributed by atoms with Crippen molar-refractivity contribution < 1.29 is 14.3 Å². The molecule has 1 aliphatic heterocycles. The first-order chi connectivity index (χ1) is 15.7. The van der Waals surface area contributed by atoms with Gasteiger partial charge in [-0.05, 0) is 36.3 Å². The number of allylic oxidation sites excluding steroid dienone is 1. The molecule has 3 aromatic carbocycles. The molecule has 158 valence electrons. The third-order valence-electron chi connectivity index (χ3n) is 5.98.